The number of rotatable bonds is 0. The molecule has 1 heterocycles. The first kappa shape index (κ1) is 16.1. The Hall–Kier alpha value is -1.09. The Morgan fingerprint density at radius 3 is 2.88 bits per heavy atom. The molecule has 1 aliphatic heterocycles. The zero-order chi connectivity index (χ0) is 17.2. The van der Waals surface area contributed by atoms with E-state index in [1.165, 1.54) is 38.5 Å². The van der Waals surface area contributed by atoms with Crippen LogP contribution >= 0.6 is 0 Å². The zero-order valence-corrected chi connectivity index (χ0v) is 15.6. The second-order valence-electron chi connectivity index (χ2n) is 9.58. The van der Waals surface area contributed by atoms with E-state index in [2.05, 4.69) is 37.2 Å². The molecule has 0 bridgehead atoms. The zero-order valence-electron chi connectivity index (χ0n) is 15.6. The van der Waals surface area contributed by atoms with Crippen molar-refractivity contribution in [1.29, 1.82) is 0 Å². The minimum absolute atomic E-state index is 0.0295. The van der Waals surface area contributed by atoms with Crippen LogP contribution in [0.1, 0.15) is 58.8 Å². The smallest absolute Gasteiger partial charge is 0.0923 e. The molecule has 7 atom stereocenters. The Morgan fingerprint density at radius 2 is 2.12 bits per heavy atom. The fourth-order valence-electron chi connectivity index (χ4n) is 7.71. The molecule has 3 unspecified atom stereocenters. The van der Waals surface area contributed by atoms with Crippen molar-refractivity contribution in [2.45, 2.75) is 64.4 Å². The largest absolute Gasteiger partial charge is 0.411 e. The molecule has 0 radical (unpaired) electrons. The van der Waals surface area contributed by atoms with Crippen LogP contribution in [0.2, 0.25) is 0 Å². The number of hydrogen-bond acceptors (Lipinski definition) is 3. The van der Waals surface area contributed by atoms with Crippen LogP contribution in [-0.2, 0) is 4.74 Å². The van der Waals surface area contributed by atoms with Crippen molar-refractivity contribution in [2.75, 3.05) is 6.61 Å². The molecule has 5 aliphatic rings. The number of nitrogens with zero attached hydrogens (tertiary/aromatic N) is 1. The topological polar surface area (TPSA) is 41.8 Å². The van der Waals surface area contributed by atoms with Gasteiger partial charge in [-0.15, -0.1) is 0 Å². The average molecular weight is 341 g/mol. The maximum atomic E-state index is 9.18. The van der Waals surface area contributed by atoms with Gasteiger partial charge in [-0.25, -0.2) is 0 Å². The van der Waals surface area contributed by atoms with Crippen LogP contribution in [0.25, 0.3) is 0 Å². The molecule has 4 aliphatic carbocycles. The third kappa shape index (κ3) is 2.05. The summed E-state index contributed by atoms with van der Waals surface area (Å²) >= 11 is 0. The molecule has 3 fully saturated rings. The van der Waals surface area contributed by atoms with E-state index in [-0.39, 0.29) is 5.60 Å². The SMILES string of the molecule is C[C@H]1CC2=C/C(=N/O)CC[C@@H]2C2CC[C@@]3(C)C(CC[C@@]34C=CCO4)C21. The summed E-state index contributed by atoms with van der Waals surface area (Å²) in [6, 6.07) is 0. The van der Waals surface area contributed by atoms with Crippen molar-refractivity contribution in [3.05, 3.63) is 23.8 Å². The maximum absolute atomic E-state index is 9.18. The van der Waals surface area contributed by atoms with Gasteiger partial charge >= 0.3 is 0 Å². The highest BCUT2D eigenvalue weighted by molar-refractivity contribution is 5.96. The molecule has 0 amide bonds. The predicted octanol–water partition coefficient (Wildman–Crippen LogP) is 4.96. The normalized spacial score (nSPS) is 52.8. The summed E-state index contributed by atoms with van der Waals surface area (Å²) in [7, 11) is 0. The van der Waals surface area contributed by atoms with Gasteiger partial charge in [-0.3, -0.25) is 0 Å². The van der Waals surface area contributed by atoms with Crippen LogP contribution in [0.15, 0.2) is 29.0 Å². The van der Waals surface area contributed by atoms with Crippen LogP contribution in [-0.4, -0.2) is 23.1 Å². The fourth-order valence-corrected chi connectivity index (χ4v) is 7.71. The summed E-state index contributed by atoms with van der Waals surface area (Å²) in [5.41, 5.74) is 2.81. The van der Waals surface area contributed by atoms with Gasteiger partial charge in [-0.2, -0.15) is 0 Å². The van der Waals surface area contributed by atoms with Crippen molar-refractivity contribution < 1.29 is 9.94 Å². The van der Waals surface area contributed by atoms with E-state index < -0.39 is 0 Å². The summed E-state index contributed by atoms with van der Waals surface area (Å²) in [6.45, 7) is 5.82. The second-order valence-corrected chi connectivity index (χ2v) is 9.58. The highest BCUT2D eigenvalue weighted by Crippen LogP contribution is 2.67. The van der Waals surface area contributed by atoms with Crippen molar-refractivity contribution in [3.63, 3.8) is 0 Å². The van der Waals surface area contributed by atoms with Gasteiger partial charge in [0.05, 0.1) is 17.9 Å². The summed E-state index contributed by atoms with van der Waals surface area (Å²) in [5.74, 6) is 3.93. The molecular weight excluding hydrogens is 310 g/mol. The summed E-state index contributed by atoms with van der Waals surface area (Å²) in [6.07, 6.45) is 15.4. The van der Waals surface area contributed by atoms with E-state index in [0.717, 1.165) is 48.3 Å². The van der Waals surface area contributed by atoms with Crippen molar-refractivity contribution in [2.24, 2.45) is 40.2 Å². The minimum atomic E-state index is 0.0295. The van der Waals surface area contributed by atoms with Gasteiger partial charge in [0.25, 0.3) is 0 Å². The summed E-state index contributed by atoms with van der Waals surface area (Å²) in [5, 5.41) is 12.7. The number of fused-ring (bicyclic) bond motifs is 6. The van der Waals surface area contributed by atoms with Gasteiger partial charge in [0.1, 0.15) is 0 Å². The van der Waals surface area contributed by atoms with E-state index in [1.54, 1.807) is 5.57 Å². The van der Waals surface area contributed by atoms with Crippen LogP contribution in [0.5, 0.6) is 0 Å². The molecule has 25 heavy (non-hydrogen) atoms. The number of ether oxygens (including phenoxy) is 1. The molecule has 0 saturated heterocycles. The quantitative estimate of drug-likeness (QED) is 0.384. The monoisotopic (exact) mass is 341 g/mol. The van der Waals surface area contributed by atoms with E-state index in [0.29, 0.717) is 5.41 Å². The molecule has 0 aromatic heterocycles. The molecular formula is C22H31NO2. The number of allylic oxidation sites excluding steroid dienone is 2. The van der Waals surface area contributed by atoms with E-state index in [9.17, 15) is 5.21 Å². The molecule has 1 N–H and O–H groups in total. The number of hydrogen-bond donors (Lipinski definition) is 1. The third-order valence-electron chi connectivity index (χ3n) is 8.79. The maximum Gasteiger partial charge on any atom is 0.0923 e. The van der Waals surface area contributed by atoms with Crippen LogP contribution in [0.3, 0.4) is 0 Å². The van der Waals surface area contributed by atoms with Crippen LogP contribution in [0.4, 0.5) is 0 Å². The van der Waals surface area contributed by atoms with Crippen molar-refractivity contribution in [3.8, 4) is 0 Å². The first-order chi connectivity index (χ1) is 12.1. The van der Waals surface area contributed by atoms with Crippen LogP contribution in [0, 0.1) is 35.0 Å². The lowest BCUT2D eigenvalue weighted by molar-refractivity contribution is -0.119. The standard InChI is InChI=1S/C22H31NO2/c1-14-12-15-13-16(23-24)4-5-17(15)18-6-9-21(2)19(20(14)18)7-10-22(21)8-3-11-25-22/h3,8,13-14,17-20,24H,4-7,9-12H2,1-2H3/b23-16+/t14-,17-,18?,19?,20?,21-,22-/m0/s1. The number of oxime groups is 1. The lowest BCUT2D eigenvalue weighted by Gasteiger charge is -2.57. The second kappa shape index (κ2) is 5.45. The average Bonchev–Trinajstić information content (AvgIpc) is 3.21. The highest BCUT2D eigenvalue weighted by Gasteiger charge is 2.64. The van der Waals surface area contributed by atoms with Crippen LogP contribution < -0.4 is 0 Å². The van der Waals surface area contributed by atoms with Gasteiger partial charge in [-0.1, -0.05) is 36.7 Å². The third-order valence-corrected chi connectivity index (χ3v) is 8.79. The molecule has 0 aromatic carbocycles. The lowest BCUT2D eigenvalue weighted by atomic mass is 9.48. The minimum Gasteiger partial charge on any atom is -0.411 e. The highest BCUT2D eigenvalue weighted by atomic mass is 16.5. The van der Waals surface area contributed by atoms with Gasteiger partial charge in [0.2, 0.25) is 0 Å². The predicted molar refractivity (Wildman–Crippen MR) is 98.7 cm³/mol. The fraction of sp³-hybridized carbons (Fsp3) is 0.773. The lowest BCUT2D eigenvalue weighted by Crippen LogP contribution is -2.54. The van der Waals surface area contributed by atoms with E-state index >= 15 is 0 Å². The molecule has 5 rings (SSSR count). The molecule has 136 valence electrons. The van der Waals surface area contributed by atoms with Gasteiger partial charge < -0.3 is 9.94 Å². The molecule has 0 aromatic rings. The Balaban J connectivity index is 1.49. The molecule has 3 saturated carbocycles. The Kier molecular flexibility index (Phi) is 3.51. The Morgan fingerprint density at radius 1 is 1.24 bits per heavy atom. The van der Waals surface area contributed by atoms with Gasteiger partial charge in [-0.05, 0) is 80.6 Å². The molecule has 1 spiro atoms. The summed E-state index contributed by atoms with van der Waals surface area (Å²) < 4.78 is 6.36. The first-order valence-electron chi connectivity index (χ1n) is 10.3. The Labute approximate surface area is 151 Å². The summed E-state index contributed by atoms with van der Waals surface area (Å²) in [4.78, 5) is 0. The van der Waals surface area contributed by atoms with E-state index in [1.807, 2.05) is 0 Å². The van der Waals surface area contributed by atoms with E-state index in [4.69, 9.17) is 4.74 Å². The Bertz CT molecular complexity index is 665. The first-order valence-corrected chi connectivity index (χ1v) is 10.3. The van der Waals surface area contributed by atoms with Gasteiger partial charge in [0.15, 0.2) is 0 Å². The molecule has 3 heteroatoms. The van der Waals surface area contributed by atoms with Crippen molar-refractivity contribution >= 4 is 5.71 Å². The molecule has 3 nitrogen and oxygen atoms in total. The van der Waals surface area contributed by atoms with Gasteiger partial charge in [0, 0.05) is 5.41 Å². The van der Waals surface area contributed by atoms with Crippen molar-refractivity contribution in [1.82, 2.24) is 0 Å².